The topological polar surface area (TPSA) is 47.6 Å². The van der Waals surface area contributed by atoms with Crippen molar-refractivity contribution in [3.8, 4) is 0 Å². The molecule has 0 spiro atoms. The number of halogens is 3. The Morgan fingerprint density at radius 2 is 1.82 bits per heavy atom. The number of hydrogen-bond donors (Lipinski definition) is 1. The van der Waals surface area contributed by atoms with Crippen LogP contribution < -0.4 is 5.32 Å². The van der Waals surface area contributed by atoms with Crippen molar-refractivity contribution in [1.29, 1.82) is 0 Å². The van der Waals surface area contributed by atoms with Gasteiger partial charge in [0, 0.05) is 13.1 Å². The summed E-state index contributed by atoms with van der Waals surface area (Å²) in [5.74, 6) is 0. The van der Waals surface area contributed by atoms with Crippen molar-refractivity contribution in [2.24, 2.45) is 0 Å². The fraction of sp³-hybridized carbons (Fsp3) is 0.900. The number of carbonyl (C=O) groups is 1. The molecule has 1 rings (SSSR count). The van der Waals surface area contributed by atoms with E-state index >= 15 is 0 Å². The molecule has 0 unspecified atom stereocenters. The lowest BCUT2D eigenvalue weighted by Gasteiger charge is -2.27. The molecule has 0 radical (unpaired) electrons. The van der Waals surface area contributed by atoms with Gasteiger partial charge in [-0.1, -0.05) is 0 Å². The molecule has 102 valence electrons. The molecule has 1 fully saturated rings. The molecule has 1 N–H and O–H groups in total. The van der Waals surface area contributed by atoms with E-state index in [0.29, 0.717) is 19.6 Å². The Labute approximate surface area is 98.5 Å². The van der Waals surface area contributed by atoms with Crippen molar-refractivity contribution < 1.29 is 27.4 Å². The SMILES string of the molecule is CC(C)(C)OC=O.FC(F)(F)COC1CNC1. The van der Waals surface area contributed by atoms with Crippen LogP contribution in [0.2, 0.25) is 0 Å². The van der Waals surface area contributed by atoms with Gasteiger partial charge >= 0.3 is 6.18 Å². The van der Waals surface area contributed by atoms with E-state index in [9.17, 15) is 18.0 Å². The summed E-state index contributed by atoms with van der Waals surface area (Å²) in [5, 5.41) is 2.81. The van der Waals surface area contributed by atoms with Crippen LogP contribution in [0.4, 0.5) is 13.2 Å². The maximum absolute atomic E-state index is 11.4. The highest BCUT2D eigenvalue weighted by Gasteiger charge is 2.30. The van der Waals surface area contributed by atoms with E-state index in [1.807, 2.05) is 20.8 Å². The third kappa shape index (κ3) is 11.4. The van der Waals surface area contributed by atoms with Crippen molar-refractivity contribution >= 4 is 6.47 Å². The van der Waals surface area contributed by atoms with Gasteiger partial charge in [0.2, 0.25) is 0 Å². The number of alkyl halides is 3. The smallest absolute Gasteiger partial charge is 0.411 e. The van der Waals surface area contributed by atoms with Crippen molar-refractivity contribution in [2.45, 2.75) is 38.7 Å². The second kappa shape index (κ2) is 6.80. The number of carbonyl (C=O) groups excluding carboxylic acids is 1. The molecule has 1 aliphatic rings. The molecule has 0 aromatic heterocycles. The molecule has 0 saturated carbocycles. The zero-order valence-corrected chi connectivity index (χ0v) is 10.1. The minimum absolute atomic E-state index is 0.235. The molecule has 0 aromatic rings. The van der Waals surface area contributed by atoms with E-state index in [4.69, 9.17) is 0 Å². The van der Waals surface area contributed by atoms with Crippen LogP contribution in [-0.2, 0) is 14.3 Å². The Balaban J connectivity index is 0.000000325. The van der Waals surface area contributed by atoms with Crippen molar-refractivity contribution in [2.75, 3.05) is 19.7 Å². The van der Waals surface area contributed by atoms with Gasteiger partial charge in [0.05, 0.1) is 6.10 Å². The van der Waals surface area contributed by atoms with Gasteiger partial charge in [-0.15, -0.1) is 0 Å². The van der Waals surface area contributed by atoms with Crippen LogP contribution in [0.3, 0.4) is 0 Å². The quantitative estimate of drug-likeness (QED) is 0.778. The van der Waals surface area contributed by atoms with Crippen molar-refractivity contribution in [3.05, 3.63) is 0 Å². The average Bonchev–Trinajstić information content (AvgIpc) is 1.96. The summed E-state index contributed by atoms with van der Waals surface area (Å²) >= 11 is 0. The molecule has 1 aliphatic heterocycles. The van der Waals surface area contributed by atoms with E-state index in [-0.39, 0.29) is 11.7 Å². The molecule has 0 bridgehead atoms. The van der Waals surface area contributed by atoms with Crippen LogP contribution in [0.25, 0.3) is 0 Å². The summed E-state index contributed by atoms with van der Waals surface area (Å²) in [6.07, 6.45) is -4.42. The first-order valence-electron chi connectivity index (χ1n) is 5.14. The molecule has 0 aliphatic carbocycles. The molecule has 7 heteroatoms. The van der Waals surface area contributed by atoms with Gasteiger partial charge < -0.3 is 14.8 Å². The molecule has 17 heavy (non-hydrogen) atoms. The largest absolute Gasteiger partial charge is 0.462 e. The van der Waals surface area contributed by atoms with Crippen LogP contribution in [0.5, 0.6) is 0 Å². The van der Waals surface area contributed by atoms with Crippen LogP contribution in [0.1, 0.15) is 20.8 Å². The minimum Gasteiger partial charge on any atom is -0.462 e. The van der Waals surface area contributed by atoms with E-state index in [1.165, 1.54) is 0 Å². The summed E-state index contributed by atoms with van der Waals surface area (Å²) in [7, 11) is 0. The van der Waals surface area contributed by atoms with Crippen LogP contribution in [-0.4, -0.2) is 44.0 Å². The zero-order valence-electron chi connectivity index (χ0n) is 10.1. The van der Waals surface area contributed by atoms with Gasteiger partial charge in [-0.2, -0.15) is 13.2 Å². The first kappa shape index (κ1) is 16.2. The molecule has 4 nitrogen and oxygen atoms in total. The molecule has 0 aromatic carbocycles. The Kier molecular flexibility index (Phi) is 6.48. The Morgan fingerprint density at radius 1 is 1.29 bits per heavy atom. The molecule has 1 heterocycles. The van der Waals surface area contributed by atoms with E-state index in [1.54, 1.807) is 0 Å². The van der Waals surface area contributed by atoms with Gasteiger partial charge in [0.15, 0.2) is 0 Å². The first-order valence-corrected chi connectivity index (χ1v) is 5.14. The van der Waals surface area contributed by atoms with Crippen molar-refractivity contribution in [1.82, 2.24) is 5.32 Å². The molecule has 0 amide bonds. The van der Waals surface area contributed by atoms with Crippen LogP contribution >= 0.6 is 0 Å². The molecular formula is C10H18F3NO3. The fourth-order valence-corrected chi connectivity index (χ4v) is 0.737. The maximum Gasteiger partial charge on any atom is 0.411 e. The maximum atomic E-state index is 11.4. The standard InChI is InChI=1S/C5H8F3NO.C5H10O2/c6-5(7,8)3-10-4-1-9-2-4;1-5(2,3)7-4-6/h4,9H,1-3H2;4H,1-3H3. The lowest BCUT2D eigenvalue weighted by Crippen LogP contribution is -2.49. The monoisotopic (exact) mass is 257 g/mol. The second-order valence-electron chi connectivity index (χ2n) is 4.53. The predicted octanol–water partition coefficient (Wildman–Crippen LogP) is 1.50. The highest BCUT2D eigenvalue weighted by molar-refractivity contribution is 5.37. The molecule has 0 atom stereocenters. The van der Waals surface area contributed by atoms with E-state index in [2.05, 4.69) is 14.8 Å². The predicted molar refractivity (Wildman–Crippen MR) is 55.6 cm³/mol. The normalized spacial score (nSPS) is 16.6. The Bertz CT molecular complexity index is 222. The number of hydrogen-bond acceptors (Lipinski definition) is 4. The summed E-state index contributed by atoms with van der Waals surface area (Å²) in [6, 6.07) is 0. The fourth-order valence-electron chi connectivity index (χ4n) is 0.737. The van der Waals surface area contributed by atoms with Gasteiger partial charge in [-0.25, -0.2) is 0 Å². The van der Waals surface area contributed by atoms with Crippen LogP contribution in [0, 0.1) is 0 Å². The lowest BCUT2D eigenvalue weighted by molar-refractivity contribution is -0.189. The molecular weight excluding hydrogens is 239 g/mol. The first-order chi connectivity index (χ1) is 7.64. The van der Waals surface area contributed by atoms with E-state index < -0.39 is 12.8 Å². The van der Waals surface area contributed by atoms with Crippen LogP contribution in [0.15, 0.2) is 0 Å². The third-order valence-corrected chi connectivity index (χ3v) is 1.63. The number of ether oxygens (including phenoxy) is 2. The highest BCUT2D eigenvalue weighted by atomic mass is 19.4. The number of rotatable bonds is 3. The second-order valence-corrected chi connectivity index (χ2v) is 4.53. The molecule has 1 saturated heterocycles. The van der Waals surface area contributed by atoms with E-state index in [0.717, 1.165) is 0 Å². The third-order valence-electron chi connectivity index (χ3n) is 1.63. The van der Waals surface area contributed by atoms with Crippen molar-refractivity contribution in [3.63, 3.8) is 0 Å². The average molecular weight is 257 g/mol. The van der Waals surface area contributed by atoms with Gasteiger partial charge in [0.1, 0.15) is 12.2 Å². The number of nitrogens with one attached hydrogen (secondary N) is 1. The highest BCUT2D eigenvalue weighted by Crippen LogP contribution is 2.16. The van der Waals surface area contributed by atoms with Gasteiger partial charge in [-0.05, 0) is 20.8 Å². The van der Waals surface area contributed by atoms with Gasteiger partial charge in [-0.3, -0.25) is 4.79 Å². The summed E-state index contributed by atoms with van der Waals surface area (Å²) in [4.78, 5) is 9.60. The summed E-state index contributed by atoms with van der Waals surface area (Å²) in [5.41, 5.74) is -0.318. The zero-order chi connectivity index (χ0) is 13.5. The van der Waals surface area contributed by atoms with Gasteiger partial charge in [0.25, 0.3) is 6.47 Å². The summed E-state index contributed by atoms with van der Waals surface area (Å²) in [6.45, 7) is 5.87. The minimum atomic E-state index is -4.18. The Hall–Kier alpha value is -0.820. The summed E-state index contributed by atoms with van der Waals surface area (Å²) < 4.78 is 43.3. The Morgan fingerprint density at radius 3 is 2.00 bits per heavy atom. The lowest BCUT2D eigenvalue weighted by atomic mass is 10.2.